The molecule has 0 aliphatic carbocycles. The van der Waals surface area contributed by atoms with Gasteiger partial charge in [-0.3, -0.25) is 0 Å². The lowest BCUT2D eigenvalue weighted by Gasteiger charge is -2.14. The highest BCUT2D eigenvalue weighted by atomic mass is 32.2. The number of rotatable bonds is 7. The van der Waals surface area contributed by atoms with Crippen LogP contribution in [0.3, 0.4) is 0 Å². The molecular formula is C12H18N2O4S2. The molecule has 1 rings (SSSR count). The predicted octanol–water partition coefficient (Wildman–Crippen LogP) is 0.798. The first-order valence-electron chi connectivity index (χ1n) is 5.80. The second kappa shape index (κ2) is 6.87. The molecule has 0 aliphatic heterocycles. The average Bonchev–Trinajstić information content (AvgIpc) is 2.43. The monoisotopic (exact) mass is 318 g/mol. The number of sulfonamides is 1. The Morgan fingerprint density at radius 2 is 2.05 bits per heavy atom. The van der Waals surface area contributed by atoms with E-state index in [2.05, 4.69) is 4.72 Å². The van der Waals surface area contributed by atoms with E-state index in [-0.39, 0.29) is 11.5 Å². The third kappa shape index (κ3) is 4.06. The van der Waals surface area contributed by atoms with Crippen LogP contribution in [0.1, 0.15) is 12.5 Å². The summed E-state index contributed by atoms with van der Waals surface area (Å²) >= 11 is 4.70. The normalized spacial score (nSPS) is 12.8. The van der Waals surface area contributed by atoms with Crippen molar-refractivity contribution in [3.05, 3.63) is 23.8 Å². The molecule has 8 heteroatoms. The highest BCUT2D eigenvalue weighted by Gasteiger charge is 2.23. The summed E-state index contributed by atoms with van der Waals surface area (Å²) in [4.78, 5) is -0.0702. The average molecular weight is 318 g/mol. The van der Waals surface area contributed by atoms with Gasteiger partial charge in [0.15, 0.2) is 0 Å². The largest absolute Gasteiger partial charge is 0.497 e. The Morgan fingerprint density at radius 3 is 2.55 bits per heavy atom. The zero-order valence-electron chi connectivity index (χ0n) is 11.5. The Balaban J connectivity index is 2.87. The lowest BCUT2D eigenvalue weighted by molar-refractivity contribution is 0.390. The Labute approximate surface area is 124 Å². The van der Waals surface area contributed by atoms with Crippen molar-refractivity contribution in [1.29, 1.82) is 0 Å². The van der Waals surface area contributed by atoms with Crippen LogP contribution in [0, 0.1) is 0 Å². The third-order valence-corrected chi connectivity index (χ3v) is 5.06. The molecule has 1 aromatic carbocycles. The fraction of sp³-hybridized carbons (Fsp3) is 0.417. The van der Waals surface area contributed by atoms with Crippen LogP contribution in [-0.2, 0) is 16.6 Å². The van der Waals surface area contributed by atoms with Crippen molar-refractivity contribution >= 4 is 27.2 Å². The number of thiocarbonyl (C=S) groups is 1. The molecule has 20 heavy (non-hydrogen) atoms. The molecule has 0 fully saturated rings. The standard InChI is InChI=1S/C12H18N2O4S2/c1-8(12(13)19)20(15,16)14-7-9-4-5-10(17-2)6-11(9)18-3/h4-6,8,14H,7H2,1-3H3,(H2,13,19). The van der Waals surface area contributed by atoms with Crippen molar-refractivity contribution < 1.29 is 17.9 Å². The number of benzene rings is 1. The van der Waals surface area contributed by atoms with Crippen molar-refractivity contribution in [2.24, 2.45) is 5.73 Å². The Bertz CT molecular complexity index is 587. The molecule has 3 N–H and O–H groups in total. The molecule has 0 amide bonds. The maximum absolute atomic E-state index is 11.9. The van der Waals surface area contributed by atoms with Crippen molar-refractivity contribution in [2.75, 3.05) is 14.2 Å². The summed E-state index contributed by atoms with van der Waals surface area (Å²) in [5.74, 6) is 1.17. The van der Waals surface area contributed by atoms with E-state index in [0.717, 1.165) is 0 Å². The van der Waals surface area contributed by atoms with Crippen molar-refractivity contribution in [3.63, 3.8) is 0 Å². The number of ether oxygens (including phenoxy) is 2. The summed E-state index contributed by atoms with van der Waals surface area (Å²) in [6, 6.07) is 5.13. The van der Waals surface area contributed by atoms with Gasteiger partial charge in [0.05, 0.1) is 19.2 Å². The van der Waals surface area contributed by atoms with E-state index in [4.69, 9.17) is 27.4 Å². The number of hydrogen-bond donors (Lipinski definition) is 2. The highest BCUT2D eigenvalue weighted by molar-refractivity contribution is 7.93. The van der Waals surface area contributed by atoms with Crippen LogP contribution < -0.4 is 19.9 Å². The molecule has 0 spiro atoms. The van der Waals surface area contributed by atoms with E-state index in [1.807, 2.05) is 0 Å². The molecule has 0 aromatic heterocycles. The number of hydrogen-bond acceptors (Lipinski definition) is 5. The van der Waals surface area contributed by atoms with Gasteiger partial charge in [0.1, 0.15) is 16.7 Å². The van der Waals surface area contributed by atoms with Crippen molar-refractivity contribution in [1.82, 2.24) is 4.72 Å². The minimum atomic E-state index is -3.60. The third-order valence-electron chi connectivity index (χ3n) is 2.82. The van der Waals surface area contributed by atoms with Crippen molar-refractivity contribution in [3.8, 4) is 11.5 Å². The SMILES string of the molecule is COc1ccc(CNS(=O)(=O)C(C)C(N)=S)c(OC)c1. The Morgan fingerprint density at radius 1 is 1.40 bits per heavy atom. The number of nitrogens with two attached hydrogens (primary N) is 1. The lowest BCUT2D eigenvalue weighted by Crippen LogP contribution is -2.39. The summed E-state index contributed by atoms with van der Waals surface area (Å²) in [6.45, 7) is 1.53. The van der Waals surface area contributed by atoms with E-state index in [9.17, 15) is 8.42 Å². The molecule has 6 nitrogen and oxygen atoms in total. The molecule has 1 unspecified atom stereocenters. The maximum atomic E-state index is 11.9. The molecule has 0 radical (unpaired) electrons. The highest BCUT2D eigenvalue weighted by Crippen LogP contribution is 2.24. The molecule has 0 saturated heterocycles. The van der Waals surface area contributed by atoms with E-state index >= 15 is 0 Å². The first-order chi connectivity index (χ1) is 9.31. The van der Waals surface area contributed by atoms with Crippen LogP contribution in [0.25, 0.3) is 0 Å². The molecule has 0 heterocycles. The molecule has 1 aromatic rings. The van der Waals surface area contributed by atoms with Gasteiger partial charge in [-0.1, -0.05) is 18.3 Å². The maximum Gasteiger partial charge on any atom is 0.221 e. The van der Waals surface area contributed by atoms with Gasteiger partial charge < -0.3 is 15.2 Å². The lowest BCUT2D eigenvalue weighted by atomic mass is 10.2. The number of methoxy groups -OCH3 is 2. The zero-order chi connectivity index (χ0) is 15.3. The van der Waals surface area contributed by atoms with E-state index < -0.39 is 15.3 Å². The van der Waals surface area contributed by atoms with Crippen LogP contribution in [-0.4, -0.2) is 32.9 Å². The van der Waals surface area contributed by atoms with E-state index in [0.29, 0.717) is 17.1 Å². The first kappa shape index (κ1) is 16.7. The summed E-state index contributed by atoms with van der Waals surface area (Å²) < 4.78 is 36.6. The Kier molecular flexibility index (Phi) is 5.73. The summed E-state index contributed by atoms with van der Waals surface area (Å²) in [7, 11) is -0.554. The van der Waals surface area contributed by atoms with Gasteiger partial charge in [-0.25, -0.2) is 13.1 Å². The first-order valence-corrected chi connectivity index (χ1v) is 7.76. The molecule has 112 valence electrons. The van der Waals surface area contributed by atoms with Gasteiger partial charge >= 0.3 is 0 Å². The van der Waals surface area contributed by atoms with Gasteiger partial charge in [0.2, 0.25) is 10.0 Å². The summed E-state index contributed by atoms with van der Waals surface area (Å²) in [6.07, 6.45) is 0. The second-order valence-electron chi connectivity index (χ2n) is 4.09. The van der Waals surface area contributed by atoms with Crippen LogP contribution in [0.2, 0.25) is 0 Å². The minimum absolute atomic E-state index is 0.0702. The fourth-order valence-electron chi connectivity index (χ4n) is 1.45. The van der Waals surface area contributed by atoms with Crippen LogP contribution in [0.15, 0.2) is 18.2 Å². The quantitative estimate of drug-likeness (QED) is 0.723. The molecule has 0 aliphatic rings. The molecule has 1 atom stereocenters. The minimum Gasteiger partial charge on any atom is -0.497 e. The number of nitrogens with one attached hydrogen (secondary N) is 1. The van der Waals surface area contributed by atoms with Crippen LogP contribution in [0.4, 0.5) is 0 Å². The van der Waals surface area contributed by atoms with Gasteiger partial charge in [-0.2, -0.15) is 0 Å². The van der Waals surface area contributed by atoms with Gasteiger partial charge in [-0.05, 0) is 13.0 Å². The molecular weight excluding hydrogens is 300 g/mol. The van der Waals surface area contributed by atoms with Crippen molar-refractivity contribution in [2.45, 2.75) is 18.7 Å². The zero-order valence-corrected chi connectivity index (χ0v) is 13.2. The summed E-state index contributed by atoms with van der Waals surface area (Å²) in [5.41, 5.74) is 6.04. The van der Waals surface area contributed by atoms with E-state index in [1.165, 1.54) is 14.0 Å². The van der Waals surface area contributed by atoms with Crippen LogP contribution in [0.5, 0.6) is 11.5 Å². The predicted molar refractivity (Wildman–Crippen MR) is 81.6 cm³/mol. The second-order valence-corrected chi connectivity index (χ2v) is 6.65. The molecule has 0 bridgehead atoms. The van der Waals surface area contributed by atoms with Gasteiger partial charge in [0, 0.05) is 18.2 Å². The Hall–Kier alpha value is -1.38. The fourth-order valence-corrected chi connectivity index (χ4v) is 2.75. The van der Waals surface area contributed by atoms with Gasteiger partial charge in [0.25, 0.3) is 0 Å². The smallest absolute Gasteiger partial charge is 0.221 e. The summed E-state index contributed by atoms with van der Waals surface area (Å²) in [5, 5.41) is -0.929. The van der Waals surface area contributed by atoms with Gasteiger partial charge in [-0.15, -0.1) is 0 Å². The van der Waals surface area contributed by atoms with Crippen LogP contribution >= 0.6 is 12.2 Å². The van der Waals surface area contributed by atoms with E-state index in [1.54, 1.807) is 25.3 Å². The topological polar surface area (TPSA) is 90.7 Å². The molecule has 0 saturated carbocycles.